The van der Waals surface area contributed by atoms with E-state index in [1.165, 1.54) is 43.8 Å². The minimum atomic E-state index is -2.42. The van der Waals surface area contributed by atoms with E-state index in [1.54, 1.807) is 6.20 Å². The van der Waals surface area contributed by atoms with Gasteiger partial charge in [0.2, 0.25) is 0 Å². The number of ether oxygens (including phenoxy) is 1. The monoisotopic (exact) mass is 484 g/mol. The lowest BCUT2D eigenvalue weighted by atomic mass is 9.94. The summed E-state index contributed by atoms with van der Waals surface area (Å²) < 4.78 is 35.6. The molecule has 1 saturated heterocycles. The summed E-state index contributed by atoms with van der Waals surface area (Å²) in [4.78, 5) is 23.9. The Kier molecular flexibility index (Phi) is 6.55. The number of nitrogens with one attached hydrogen (secondary N) is 1. The zero-order chi connectivity index (χ0) is 22.1. The molecule has 0 amide bonds. The molecule has 2 aliphatic rings. The first-order chi connectivity index (χ1) is 14.9. The Hall–Kier alpha value is -2.10. The third-order valence-electron chi connectivity index (χ3n) is 5.05. The molecule has 2 aliphatic heterocycles. The van der Waals surface area contributed by atoms with E-state index in [2.05, 4.69) is 10.1 Å². The molecule has 12 heteroatoms. The summed E-state index contributed by atoms with van der Waals surface area (Å²) in [6.07, 6.45) is 2.06. The molecule has 3 atom stereocenters. The van der Waals surface area contributed by atoms with Crippen LogP contribution in [0.3, 0.4) is 0 Å². The number of hydrogen-bond acceptors (Lipinski definition) is 8. The molecule has 164 valence electrons. The van der Waals surface area contributed by atoms with E-state index >= 15 is 0 Å². The molecule has 31 heavy (non-hydrogen) atoms. The van der Waals surface area contributed by atoms with Crippen LogP contribution < -0.4 is 5.09 Å². The fourth-order valence-electron chi connectivity index (χ4n) is 3.74. The average Bonchev–Trinajstić information content (AvgIpc) is 3.42. The van der Waals surface area contributed by atoms with E-state index in [9.17, 15) is 13.8 Å². The number of fused-ring (bicyclic) bond motifs is 1. The fraction of sp³-hybridized carbons (Fsp3) is 0.316. The van der Waals surface area contributed by atoms with Crippen molar-refractivity contribution in [2.75, 3.05) is 20.8 Å². The van der Waals surface area contributed by atoms with Crippen molar-refractivity contribution in [3.8, 4) is 0 Å². The maximum Gasteiger partial charge on any atom is 0.338 e. The van der Waals surface area contributed by atoms with Crippen LogP contribution in [-0.4, -0.2) is 48.5 Å². The van der Waals surface area contributed by atoms with Crippen LogP contribution in [-0.2, 0) is 18.6 Å². The number of benzene rings is 1. The van der Waals surface area contributed by atoms with Gasteiger partial charge in [-0.3, -0.25) is 9.56 Å². The highest BCUT2D eigenvalue weighted by molar-refractivity contribution is 7.36. The number of aromatic nitrogens is 1. The van der Waals surface area contributed by atoms with Crippen LogP contribution in [0.15, 0.2) is 46.0 Å². The van der Waals surface area contributed by atoms with E-state index in [4.69, 9.17) is 25.9 Å². The van der Waals surface area contributed by atoms with Gasteiger partial charge in [0.05, 0.1) is 12.7 Å². The highest BCUT2D eigenvalue weighted by Gasteiger charge is 2.42. The Morgan fingerprint density at radius 3 is 2.87 bits per heavy atom. The van der Waals surface area contributed by atoms with Gasteiger partial charge in [-0.15, -0.1) is 11.3 Å². The van der Waals surface area contributed by atoms with Gasteiger partial charge in [-0.1, -0.05) is 17.7 Å². The predicted octanol–water partition coefficient (Wildman–Crippen LogP) is 3.56. The lowest BCUT2D eigenvalue weighted by molar-refractivity contribution is -0.136. The van der Waals surface area contributed by atoms with Crippen molar-refractivity contribution in [2.24, 2.45) is 4.99 Å². The number of rotatable bonds is 6. The van der Waals surface area contributed by atoms with Gasteiger partial charge in [0, 0.05) is 54.0 Å². The van der Waals surface area contributed by atoms with Crippen molar-refractivity contribution < 1.29 is 23.0 Å². The van der Waals surface area contributed by atoms with E-state index in [1.807, 2.05) is 10.3 Å². The SMILES string of the molecule is COC(=O)C1=C2C[C@H](N[PH](=O)OC)CN2C(c2nccs2)=N[C@H]1c1ccc(F)cc1Cl. The highest BCUT2D eigenvalue weighted by Crippen LogP contribution is 2.43. The van der Waals surface area contributed by atoms with E-state index < -0.39 is 26.0 Å². The maximum absolute atomic E-state index is 13.7. The van der Waals surface area contributed by atoms with Crippen LogP contribution in [0.5, 0.6) is 0 Å². The second-order valence-electron chi connectivity index (χ2n) is 6.86. The van der Waals surface area contributed by atoms with Gasteiger partial charge in [0.1, 0.15) is 11.9 Å². The molecule has 3 heterocycles. The molecular weight excluding hydrogens is 466 g/mol. The minimum absolute atomic E-state index is 0.153. The number of halogens is 2. The summed E-state index contributed by atoms with van der Waals surface area (Å²) in [5.41, 5.74) is 1.45. The number of thiazole rings is 1. The Labute approximate surface area is 187 Å². The molecule has 0 radical (unpaired) electrons. The van der Waals surface area contributed by atoms with Crippen molar-refractivity contribution in [1.29, 1.82) is 0 Å². The third kappa shape index (κ3) is 4.31. The van der Waals surface area contributed by atoms with Gasteiger partial charge in [0.15, 0.2) is 10.8 Å². The van der Waals surface area contributed by atoms with Crippen molar-refractivity contribution in [1.82, 2.24) is 15.0 Å². The molecule has 0 bridgehead atoms. The average molecular weight is 485 g/mol. The number of nitrogens with zero attached hydrogens (tertiary/aromatic N) is 3. The number of aliphatic imine (C=N–C) groups is 1. The van der Waals surface area contributed by atoms with Crippen molar-refractivity contribution in [3.05, 3.63) is 62.5 Å². The number of carbonyl (C=O) groups excluding carboxylic acids is 1. The Morgan fingerprint density at radius 1 is 1.42 bits per heavy atom. The quantitative estimate of drug-likeness (QED) is 0.495. The lowest BCUT2D eigenvalue weighted by Gasteiger charge is -2.31. The summed E-state index contributed by atoms with van der Waals surface area (Å²) in [5.74, 6) is -0.491. The molecule has 2 aromatic rings. The molecule has 0 saturated carbocycles. The predicted molar refractivity (Wildman–Crippen MR) is 116 cm³/mol. The normalized spacial score (nSPS) is 21.7. The van der Waals surface area contributed by atoms with Gasteiger partial charge in [-0.2, -0.15) is 0 Å². The molecule has 0 spiro atoms. The number of amidine groups is 1. The molecule has 1 unspecified atom stereocenters. The molecule has 0 aliphatic carbocycles. The summed E-state index contributed by atoms with van der Waals surface area (Å²) in [5, 5.41) is 5.59. The Balaban J connectivity index is 1.86. The van der Waals surface area contributed by atoms with E-state index in [0.717, 1.165) is 0 Å². The van der Waals surface area contributed by atoms with Crippen LogP contribution in [0.1, 0.15) is 23.0 Å². The van der Waals surface area contributed by atoms with Crippen LogP contribution in [0.2, 0.25) is 5.02 Å². The van der Waals surface area contributed by atoms with E-state index in [0.29, 0.717) is 40.6 Å². The summed E-state index contributed by atoms with van der Waals surface area (Å²) in [6.45, 7) is 0.415. The van der Waals surface area contributed by atoms with E-state index in [-0.39, 0.29) is 11.1 Å². The fourth-order valence-corrected chi connectivity index (χ4v) is 5.29. The zero-order valence-electron chi connectivity index (χ0n) is 16.6. The van der Waals surface area contributed by atoms with Crippen molar-refractivity contribution >= 4 is 42.9 Å². The van der Waals surface area contributed by atoms with Gasteiger partial charge >= 0.3 is 5.97 Å². The zero-order valence-corrected chi connectivity index (χ0v) is 19.2. The lowest BCUT2D eigenvalue weighted by Crippen LogP contribution is -2.37. The summed E-state index contributed by atoms with van der Waals surface area (Å²) >= 11 is 7.73. The number of carbonyl (C=O) groups is 1. The smallest absolute Gasteiger partial charge is 0.338 e. The summed E-state index contributed by atoms with van der Waals surface area (Å²) in [6, 6.07) is 2.93. The molecule has 8 nitrogen and oxygen atoms in total. The first-order valence-corrected chi connectivity index (χ1v) is 11.9. The van der Waals surface area contributed by atoms with Gasteiger partial charge in [0.25, 0.3) is 8.18 Å². The third-order valence-corrected chi connectivity index (χ3v) is 7.16. The topological polar surface area (TPSA) is 93.1 Å². The minimum Gasteiger partial charge on any atom is -0.466 e. The van der Waals surface area contributed by atoms with Crippen LogP contribution in [0.25, 0.3) is 0 Å². The number of methoxy groups -OCH3 is 1. The van der Waals surface area contributed by atoms with Crippen molar-refractivity contribution in [3.63, 3.8) is 0 Å². The molecule has 1 aromatic heterocycles. The van der Waals surface area contributed by atoms with Crippen LogP contribution >= 0.6 is 31.1 Å². The summed E-state index contributed by atoms with van der Waals surface area (Å²) in [7, 11) is 0.231. The number of esters is 1. The molecule has 1 N–H and O–H groups in total. The molecule has 1 aromatic carbocycles. The molecule has 4 rings (SSSR count). The second kappa shape index (κ2) is 9.18. The van der Waals surface area contributed by atoms with Gasteiger partial charge in [-0.05, 0) is 12.1 Å². The Bertz CT molecular complexity index is 1090. The van der Waals surface area contributed by atoms with Crippen LogP contribution in [0, 0.1) is 5.82 Å². The van der Waals surface area contributed by atoms with Gasteiger partial charge < -0.3 is 14.2 Å². The standard InChI is InChI=1S/C19H19ClFN4O4PS/c1-28-19(26)15-14-8-11(24-30(27)29-2)9-25(14)17(18-22-5-6-31-18)23-16(15)12-4-3-10(21)7-13(12)20/h3-7,11,16,30H,8-9H2,1-2H3,(H,24,27)/t11-,16-/m0/s1. The Morgan fingerprint density at radius 2 is 2.23 bits per heavy atom. The van der Waals surface area contributed by atoms with Gasteiger partial charge in [-0.25, -0.2) is 19.3 Å². The van der Waals surface area contributed by atoms with Crippen LogP contribution in [0.4, 0.5) is 4.39 Å². The van der Waals surface area contributed by atoms with Crippen molar-refractivity contribution in [2.45, 2.75) is 18.5 Å². The first-order valence-electron chi connectivity index (χ1n) is 9.29. The first kappa shape index (κ1) is 22.1. The highest BCUT2D eigenvalue weighted by atomic mass is 35.5. The maximum atomic E-state index is 13.7. The molecular formula is C19H19ClFN4O4PS. The number of hydrogen-bond donors (Lipinski definition) is 1. The largest absolute Gasteiger partial charge is 0.466 e. The second-order valence-corrected chi connectivity index (χ2v) is 9.43. The molecule has 1 fully saturated rings.